The molecule has 1 heterocycles. The number of aliphatic hydroxyl groups excluding tert-OH is 1. The molecule has 0 bridgehead atoms. The smallest absolute Gasteiger partial charge is 0.0680 e. The molecule has 0 aromatic heterocycles. The van der Waals surface area contributed by atoms with Gasteiger partial charge in [-0.25, -0.2) is 0 Å². The van der Waals surface area contributed by atoms with E-state index in [0.29, 0.717) is 6.04 Å². The summed E-state index contributed by atoms with van der Waals surface area (Å²) in [5.74, 6) is 0. The zero-order valence-corrected chi connectivity index (χ0v) is 10.7. The van der Waals surface area contributed by atoms with E-state index >= 15 is 0 Å². The highest BCUT2D eigenvalue weighted by Gasteiger charge is 2.22. The van der Waals surface area contributed by atoms with Crippen LogP contribution in [0.25, 0.3) is 0 Å². The van der Waals surface area contributed by atoms with Gasteiger partial charge in [-0.3, -0.25) is 0 Å². The average Bonchev–Trinajstić information content (AvgIpc) is 2.67. The second-order valence-corrected chi connectivity index (χ2v) is 5.12. The molecular weight excluding hydrogens is 212 g/mol. The molecule has 1 aliphatic heterocycles. The molecule has 2 unspecified atom stereocenters. The Morgan fingerprint density at radius 1 is 1.41 bits per heavy atom. The maximum absolute atomic E-state index is 9.47. The van der Waals surface area contributed by atoms with Crippen molar-refractivity contribution in [2.45, 2.75) is 32.0 Å². The molecule has 0 radical (unpaired) electrons. The molecule has 2 N–H and O–H groups in total. The van der Waals surface area contributed by atoms with Crippen LogP contribution in [0.1, 0.15) is 17.5 Å². The standard InChI is InChI=1S/C14H22N2O/c1-11-5-3-4-6-12(11)9-16(2)10-13-7-14(17)8-15-13/h3-6,13-15,17H,7-10H2,1-2H3. The Morgan fingerprint density at radius 3 is 2.82 bits per heavy atom. The van der Waals surface area contributed by atoms with E-state index in [0.717, 1.165) is 26.1 Å². The average molecular weight is 234 g/mol. The summed E-state index contributed by atoms with van der Waals surface area (Å²) in [6.45, 7) is 4.86. The highest BCUT2D eigenvalue weighted by molar-refractivity contribution is 5.25. The van der Waals surface area contributed by atoms with Gasteiger partial charge in [0.25, 0.3) is 0 Å². The van der Waals surface area contributed by atoms with Crippen molar-refractivity contribution in [2.24, 2.45) is 0 Å². The van der Waals surface area contributed by atoms with E-state index in [1.165, 1.54) is 11.1 Å². The predicted molar refractivity (Wildman–Crippen MR) is 69.9 cm³/mol. The number of nitrogens with zero attached hydrogens (tertiary/aromatic N) is 1. The molecule has 1 aromatic carbocycles. The number of nitrogens with one attached hydrogen (secondary N) is 1. The summed E-state index contributed by atoms with van der Waals surface area (Å²) in [7, 11) is 2.14. The Morgan fingerprint density at radius 2 is 2.18 bits per heavy atom. The molecule has 1 saturated heterocycles. The number of hydrogen-bond acceptors (Lipinski definition) is 3. The van der Waals surface area contributed by atoms with Gasteiger partial charge in [-0.05, 0) is 31.5 Å². The molecule has 94 valence electrons. The van der Waals surface area contributed by atoms with E-state index in [9.17, 15) is 5.11 Å². The van der Waals surface area contributed by atoms with Gasteiger partial charge in [-0.2, -0.15) is 0 Å². The summed E-state index contributed by atoms with van der Waals surface area (Å²) in [6, 6.07) is 8.93. The SMILES string of the molecule is Cc1ccccc1CN(C)CC1CC(O)CN1. The van der Waals surface area contributed by atoms with E-state index in [2.05, 4.69) is 48.5 Å². The molecule has 1 aliphatic rings. The minimum atomic E-state index is -0.160. The Kier molecular flexibility index (Phi) is 4.15. The van der Waals surface area contributed by atoms with Crippen LogP contribution in [0.2, 0.25) is 0 Å². The molecule has 3 heteroatoms. The Labute approximate surface area is 103 Å². The van der Waals surface area contributed by atoms with Gasteiger partial charge >= 0.3 is 0 Å². The summed E-state index contributed by atoms with van der Waals surface area (Å²) < 4.78 is 0. The van der Waals surface area contributed by atoms with E-state index in [-0.39, 0.29) is 6.10 Å². The van der Waals surface area contributed by atoms with E-state index in [4.69, 9.17) is 0 Å². The van der Waals surface area contributed by atoms with E-state index < -0.39 is 0 Å². The first kappa shape index (κ1) is 12.6. The van der Waals surface area contributed by atoms with Crippen LogP contribution in [-0.2, 0) is 6.54 Å². The number of aliphatic hydroxyl groups is 1. The van der Waals surface area contributed by atoms with Crippen molar-refractivity contribution in [1.29, 1.82) is 0 Å². The minimum absolute atomic E-state index is 0.160. The molecule has 2 atom stereocenters. The Hall–Kier alpha value is -0.900. The van der Waals surface area contributed by atoms with Crippen LogP contribution >= 0.6 is 0 Å². The first-order chi connectivity index (χ1) is 8.15. The van der Waals surface area contributed by atoms with Gasteiger partial charge in [0, 0.05) is 25.7 Å². The third-order valence-corrected chi connectivity index (χ3v) is 3.43. The maximum Gasteiger partial charge on any atom is 0.0680 e. The molecule has 2 rings (SSSR count). The van der Waals surface area contributed by atoms with Crippen molar-refractivity contribution in [2.75, 3.05) is 20.1 Å². The zero-order chi connectivity index (χ0) is 12.3. The van der Waals surface area contributed by atoms with Crippen molar-refractivity contribution in [1.82, 2.24) is 10.2 Å². The molecule has 17 heavy (non-hydrogen) atoms. The molecule has 3 nitrogen and oxygen atoms in total. The molecule has 0 saturated carbocycles. The molecule has 1 fully saturated rings. The van der Waals surface area contributed by atoms with Crippen LogP contribution in [0.3, 0.4) is 0 Å². The molecular formula is C14H22N2O. The molecule has 0 amide bonds. The lowest BCUT2D eigenvalue weighted by molar-refractivity contribution is 0.189. The minimum Gasteiger partial charge on any atom is -0.392 e. The second-order valence-electron chi connectivity index (χ2n) is 5.12. The van der Waals surface area contributed by atoms with Crippen LogP contribution in [0.4, 0.5) is 0 Å². The van der Waals surface area contributed by atoms with Crippen LogP contribution in [0.15, 0.2) is 24.3 Å². The number of benzene rings is 1. The quantitative estimate of drug-likeness (QED) is 0.820. The van der Waals surface area contributed by atoms with Crippen LogP contribution in [0, 0.1) is 6.92 Å². The first-order valence-corrected chi connectivity index (χ1v) is 6.29. The fraction of sp³-hybridized carbons (Fsp3) is 0.571. The number of likely N-dealkylation sites (N-methyl/N-ethyl adjacent to an activating group) is 1. The fourth-order valence-electron chi connectivity index (χ4n) is 2.46. The lowest BCUT2D eigenvalue weighted by Crippen LogP contribution is -2.35. The van der Waals surface area contributed by atoms with Crippen molar-refractivity contribution in [3.05, 3.63) is 35.4 Å². The van der Waals surface area contributed by atoms with Gasteiger partial charge in [0.1, 0.15) is 0 Å². The van der Waals surface area contributed by atoms with E-state index in [1.54, 1.807) is 0 Å². The van der Waals surface area contributed by atoms with Gasteiger partial charge in [0.15, 0.2) is 0 Å². The highest BCUT2D eigenvalue weighted by atomic mass is 16.3. The van der Waals surface area contributed by atoms with Crippen molar-refractivity contribution >= 4 is 0 Å². The summed E-state index contributed by atoms with van der Waals surface area (Å²) in [4.78, 5) is 2.32. The number of aryl methyl sites for hydroxylation is 1. The predicted octanol–water partition coefficient (Wildman–Crippen LogP) is 1.15. The van der Waals surface area contributed by atoms with Crippen molar-refractivity contribution in [3.63, 3.8) is 0 Å². The molecule has 0 aliphatic carbocycles. The first-order valence-electron chi connectivity index (χ1n) is 6.29. The lowest BCUT2D eigenvalue weighted by Gasteiger charge is -2.21. The van der Waals surface area contributed by atoms with Crippen LogP contribution in [0.5, 0.6) is 0 Å². The summed E-state index contributed by atoms with van der Waals surface area (Å²) >= 11 is 0. The van der Waals surface area contributed by atoms with Crippen molar-refractivity contribution in [3.8, 4) is 0 Å². The second kappa shape index (κ2) is 5.63. The van der Waals surface area contributed by atoms with E-state index in [1.807, 2.05) is 0 Å². The maximum atomic E-state index is 9.47. The Bertz CT molecular complexity index is 367. The number of β-amino-alcohol motifs (C(OH)–C–C–N with tert-alkyl or cyclic N) is 1. The largest absolute Gasteiger partial charge is 0.392 e. The van der Waals surface area contributed by atoms with Gasteiger partial charge in [0.05, 0.1) is 6.10 Å². The number of rotatable bonds is 4. The number of hydrogen-bond donors (Lipinski definition) is 2. The van der Waals surface area contributed by atoms with Gasteiger partial charge in [-0.15, -0.1) is 0 Å². The van der Waals surface area contributed by atoms with Crippen LogP contribution in [-0.4, -0.2) is 42.3 Å². The third kappa shape index (κ3) is 3.53. The molecule has 1 aromatic rings. The zero-order valence-electron chi connectivity index (χ0n) is 10.7. The van der Waals surface area contributed by atoms with Gasteiger partial charge in [-0.1, -0.05) is 24.3 Å². The normalized spacial score (nSPS) is 24.5. The summed E-state index contributed by atoms with van der Waals surface area (Å²) in [6.07, 6.45) is 0.713. The van der Waals surface area contributed by atoms with Gasteiger partial charge < -0.3 is 15.3 Å². The van der Waals surface area contributed by atoms with Crippen LogP contribution < -0.4 is 5.32 Å². The lowest BCUT2D eigenvalue weighted by atomic mass is 10.1. The highest BCUT2D eigenvalue weighted by Crippen LogP contribution is 2.12. The monoisotopic (exact) mass is 234 g/mol. The summed E-state index contributed by atoms with van der Waals surface area (Å²) in [5, 5.41) is 12.8. The van der Waals surface area contributed by atoms with Crippen molar-refractivity contribution < 1.29 is 5.11 Å². The molecule has 0 spiro atoms. The summed E-state index contributed by atoms with van der Waals surface area (Å²) in [5.41, 5.74) is 2.73. The topological polar surface area (TPSA) is 35.5 Å². The Balaban J connectivity index is 1.85. The third-order valence-electron chi connectivity index (χ3n) is 3.43. The fourth-order valence-corrected chi connectivity index (χ4v) is 2.46. The van der Waals surface area contributed by atoms with Gasteiger partial charge in [0.2, 0.25) is 0 Å².